The van der Waals surface area contributed by atoms with E-state index < -0.39 is 0 Å². The van der Waals surface area contributed by atoms with Crippen LogP contribution in [0.1, 0.15) is 37.0 Å². The van der Waals surface area contributed by atoms with Gasteiger partial charge >= 0.3 is 0 Å². The lowest BCUT2D eigenvalue weighted by Gasteiger charge is -2.32. The fraction of sp³-hybridized carbons (Fsp3) is 0.409. The van der Waals surface area contributed by atoms with Crippen molar-refractivity contribution in [2.75, 3.05) is 19.7 Å². The quantitative estimate of drug-likeness (QED) is 0.596. The molecule has 2 unspecified atom stereocenters. The van der Waals surface area contributed by atoms with Crippen LogP contribution in [0.25, 0.3) is 0 Å². The topological polar surface area (TPSA) is 45.7 Å². The van der Waals surface area contributed by atoms with Gasteiger partial charge in [0.2, 0.25) is 0 Å². The van der Waals surface area contributed by atoms with E-state index in [0.29, 0.717) is 12.5 Å². The van der Waals surface area contributed by atoms with Crippen LogP contribution in [0.5, 0.6) is 0 Å². The van der Waals surface area contributed by atoms with Gasteiger partial charge in [-0.05, 0) is 43.0 Å². The van der Waals surface area contributed by atoms with Crippen molar-refractivity contribution < 1.29 is 9.13 Å². The first kappa shape index (κ1) is 19.4. The molecule has 27 heavy (non-hydrogen) atoms. The summed E-state index contributed by atoms with van der Waals surface area (Å²) in [4.78, 5) is 4.63. The maximum Gasteiger partial charge on any atom is 0.191 e. The lowest BCUT2D eigenvalue weighted by molar-refractivity contribution is -0.0265. The second kappa shape index (κ2) is 10.1. The van der Waals surface area contributed by atoms with Crippen molar-refractivity contribution in [1.29, 1.82) is 0 Å². The molecular weight excluding hydrogens is 341 g/mol. The Bertz CT molecular complexity index is 718. The van der Waals surface area contributed by atoms with Gasteiger partial charge in [-0.15, -0.1) is 0 Å². The molecule has 3 rings (SSSR count). The van der Waals surface area contributed by atoms with E-state index in [0.717, 1.165) is 44.1 Å². The Labute approximate surface area is 160 Å². The zero-order valence-corrected chi connectivity index (χ0v) is 15.8. The van der Waals surface area contributed by atoms with Gasteiger partial charge in [-0.2, -0.15) is 0 Å². The van der Waals surface area contributed by atoms with Crippen molar-refractivity contribution in [1.82, 2.24) is 10.6 Å². The molecule has 144 valence electrons. The SMILES string of the molecule is CCNC(=NCc1ccc(F)cc1)NCC1CCCOC1c1ccccc1. The summed E-state index contributed by atoms with van der Waals surface area (Å²) in [6.07, 6.45) is 2.33. The Morgan fingerprint density at radius 2 is 1.89 bits per heavy atom. The van der Waals surface area contributed by atoms with E-state index in [-0.39, 0.29) is 11.9 Å². The molecule has 1 heterocycles. The molecule has 0 amide bonds. The number of rotatable bonds is 6. The van der Waals surface area contributed by atoms with Crippen LogP contribution in [0.4, 0.5) is 4.39 Å². The smallest absolute Gasteiger partial charge is 0.191 e. The van der Waals surface area contributed by atoms with Gasteiger partial charge in [-0.1, -0.05) is 42.5 Å². The minimum Gasteiger partial charge on any atom is -0.373 e. The van der Waals surface area contributed by atoms with Crippen LogP contribution in [0, 0.1) is 11.7 Å². The predicted molar refractivity (Wildman–Crippen MR) is 107 cm³/mol. The third-order valence-electron chi connectivity index (χ3n) is 4.78. The standard InChI is InChI=1S/C22H28FN3O/c1-2-24-22(25-15-17-10-12-20(23)13-11-17)26-16-19-9-6-14-27-21(19)18-7-4-3-5-8-18/h3-5,7-8,10-13,19,21H,2,6,9,14-16H2,1H3,(H2,24,25,26). The summed E-state index contributed by atoms with van der Waals surface area (Å²) in [7, 11) is 0. The lowest BCUT2D eigenvalue weighted by Crippen LogP contribution is -2.42. The molecule has 0 aliphatic carbocycles. The highest BCUT2D eigenvalue weighted by molar-refractivity contribution is 5.79. The normalized spacial score (nSPS) is 20.3. The third-order valence-corrected chi connectivity index (χ3v) is 4.78. The van der Waals surface area contributed by atoms with E-state index in [1.807, 2.05) is 13.0 Å². The van der Waals surface area contributed by atoms with Crippen LogP contribution in [-0.2, 0) is 11.3 Å². The molecule has 5 heteroatoms. The Balaban J connectivity index is 1.61. The van der Waals surface area contributed by atoms with Gasteiger partial charge in [-0.25, -0.2) is 9.38 Å². The summed E-state index contributed by atoms with van der Waals surface area (Å²) in [5.41, 5.74) is 2.22. The average Bonchev–Trinajstić information content (AvgIpc) is 2.72. The highest BCUT2D eigenvalue weighted by Crippen LogP contribution is 2.33. The summed E-state index contributed by atoms with van der Waals surface area (Å²) < 4.78 is 19.1. The number of nitrogens with one attached hydrogen (secondary N) is 2. The van der Waals surface area contributed by atoms with Crippen LogP contribution < -0.4 is 10.6 Å². The summed E-state index contributed by atoms with van der Waals surface area (Å²) in [6.45, 7) is 4.96. The molecule has 0 saturated carbocycles. The Morgan fingerprint density at radius 3 is 2.63 bits per heavy atom. The number of ether oxygens (including phenoxy) is 1. The number of hydrogen-bond acceptors (Lipinski definition) is 2. The van der Waals surface area contributed by atoms with Crippen molar-refractivity contribution in [3.63, 3.8) is 0 Å². The van der Waals surface area contributed by atoms with Crippen LogP contribution in [0.2, 0.25) is 0 Å². The van der Waals surface area contributed by atoms with Gasteiger partial charge in [0.05, 0.1) is 12.6 Å². The molecule has 0 aromatic heterocycles. The fourth-order valence-corrected chi connectivity index (χ4v) is 3.39. The molecule has 1 aliphatic rings. The maximum absolute atomic E-state index is 13.0. The summed E-state index contributed by atoms with van der Waals surface area (Å²) in [5, 5.41) is 6.74. The molecule has 2 aromatic rings. The second-order valence-corrected chi connectivity index (χ2v) is 6.81. The van der Waals surface area contributed by atoms with Crippen LogP contribution in [0.3, 0.4) is 0 Å². The number of aliphatic imine (C=N–C) groups is 1. The fourth-order valence-electron chi connectivity index (χ4n) is 3.39. The Kier molecular flexibility index (Phi) is 7.22. The molecule has 2 atom stereocenters. The molecule has 2 N–H and O–H groups in total. The molecule has 4 nitrogen and oxygen atoms in total. The first-order valence-electron chi connectivity index (χ1n) is 9.69. The molecule has 0 radical (unpaired) electrons. The molecule has 1 saturated heterocycles. The number of halogens is 1. The molecule has 1 fully saturated rings. The van der Waals surface area contributed by atoms with Crippen molar-refractivity contribution >= 4 is 5.96 Å². The van der Waals surface area contributed by atoms with E-state index in [1.165, 1.54) is 17.7 Å². The van der Waals surface area contributed by atoms with E-state index >= 15 is 0 Å². The predicted octanol–water partition coefficient (Wildman–Crippen LogP) is 4.05. The second-order valence-electron chi connectivity index (χ2n) is 6.81. The first-order valence-corrected chi connectivity index (χ1v) is 9.69. The van der Waals surface area contributed by atoms with Gasteiger partial charge in [0.25, 0.3) is 0 Å². The minimum absolute atomic E-state index is 0.118. The molecule has 2 aromatic carbocycles. The van der Waals surface area contributed by atoms with E-state index in [9.17, 15) is 4.39 Å². The molecular formula is C22H28FN3O. The van der Waals surface area contributed by atoms with Gasteiger partial charge in [0.1, 0.15) is 5.82 Å². The maximum atomic E-state index is 13.0. The highest BCUT2D eigenvalue weighted by Gasteiger charge is 2.27. The molecule has 1 aliphatic heterocycles. The van der Waals surface area contributed by atoms with Gasteiger partial charge in [0.15, 0.2) is 5.96 Å². The van der Waals surface area contributed by atoms with E-state index in [2.05, 4.69) is 39.9 Å². The number of hydrogen-bond donors (Lipinski definition) is 2. The van der Waals surface area contributed by atoms with Gasteiger partial charge < -0.3 is 15.4 Å². The third kappa shape index (κ3) is 5.79. The summed E-state index contributed by atoms with van der Waals surface area (Å²) in [6, 6.07) is 16.9. The van der Waals surface area contributed by atoms with E-state index in [4.69, 9.17) is 4.74 Å². The van der Waals surface area contributed by atoms with Gasteiger partial charge in [0, 0.05) is 25.6 Å². The lowest BCUT2D eigenvalue weighted by atomic mass is 9.89. The average molecular weight is 369 g/mol. The largest absolute Gasteiger partial charge is 0.373 e. The van der Waals surface area contributed by atoms with Crippen LogP contribution in [-0.4, -0.2) is 25.7 Å². The van der Waals surface area contributed by atoms with Crippen molar-refractivity contribution in [2.24, 2.45) is 10.9 Å². The molecule has 0 bridgehead atoms. The first-order chi connectivity index (χ1) is 13.3. The number of benzene rings is 2. The van der Waals surface area contributed by atoms with Crippen molar-refractivity contribution in [2.45, 2.75) is 32.4 Å². The van der Waals surface area contributed by atoms with Crippen molar-refractivity contribution in [3.05, 3.63) is 71.5 Å². The highest BCUT2D eigenvalue weighted by atomic mass is 19.1. The molecule has 0 spiro atoms. The van der Waals surface area contributed by atoms with Crippen LogP contribution in [0.15, 0.2) is 59.6 Å². The minimum atomic E-state index is -0.225. The van der Waals surface area contributed by atoms with Gasteiger partial charge in [-0.3, -0.25) is 0 Å². The monoisotopic (exact) mass is 369 g/mol. The summed E-state index contributed by atoms with van der Waals surface area (Å²) >= 11 is 0. The zero-order chi connectivity index (χ0) is 18.9. The zero-order valence-electron chi connectivity index (χ0n) is 15.8. The summed E-state index contributed by atoms with van der Waals surface area (Å²) in [5.74, 6) is 0.951. The Morgan fingerprint density at radius 1 is 1.11 bits per heavy atom. The van der Waals surface area contributed by atoms with E-state index in [1.54, 1.807) is 12.1 Å². The van der Waals surface area contributed by atoms with Crippen molar-refractivity contribution in [3.8, 4) is 0 Å². The Hall–Kier alpha value is -2.40. The van der Waals surface area contributed by atoms with Crippen LogP contribution >= 0.6 is 0 Å². The number of guanidine groups is 1. The number of nitrogens with zero attached hydrogens (tertiary/aromatic N) is 1.